The van der Waals surface area contributed by atoms with Crippen molar-refractivity contribution in [2.45, 2.75) is 32.9 Å². The lowest BCUT2D eigenvalue weighted by molar-refractivity contribution is -0.139. The second kappa shape index (κ2) is 9.48. The first-order valence-electron chi connectivity index (χ1n) is 8.99. The molecule has 0 saturated carbocycles. The maximum absolute atomic E-state index is 11.2. The molecule has 0 aliphatic carbocycles. The Balaban J connectivity index is 1.61. The van der Waals surface area contributed by atoms with Crippen LogP contribution in [-0.4, -0.2) is 40.9 Å². The van der Waals surface area contributed by atoms with Crippen molar-refractivity contribution in [1.29, 1.82) is 0 Å². The largest absolute Gasteiger partial charge is 0.491 e. The zero-order valence-electron chi connectivity index (χ0n) is 16.5. The fourth-order valence-electron chi connectivity index (χ4n) is 2.27. The molecule has 1 aromatic carbocycles. The highest BCUT2D eigenvalue weighted by Gasteiger charge is 2.18. The van der Waals surface area contributed by atoms with Gasteiger partial charge in [0.25, 0.3) is 5.19 Å². The Bertz CT molecular complexity index is 938. The molecule has 2 heterocycles. The van der Waals surface area contributed by atoms with Crippen molar-refractivity contribution in [3.8, 4) is 27.4 Å². The van der Waals surface area contributed by atoms with E-state index in [9.17, 15) is 4.79 Å². The van der Waals surface area contributed by atoms with Crippen LogP contribution in [0.2, 0.25) is 0 Å². The van der Waals surface area contributed by atoms with Gasteiger partial charge in [0, 0.05) is 0 Å². The fourth-order valence-corrected chi connectivity index (χ4v) is 2.99. The Morgan fingerprint density at radius 3 is 2.62 bits per heavy atom. The van der Waals surface area contributed by atoms with E-state index in [1.54, 1.807) is 6.20 Å². The standard InChI is InChI=1S/C19H22N4O5S/c1-11(2)26-13-5-7-14(8-6-13)27-19-21-9-15(29-19)17-22-18(28-23-17)12(3)20-10-16(24)25-4/h5-9,11-12,20H,10H2,1-4H3. The number of rotatable bonds is 9. The van der Waals surface area contributed by atoms with Crippen molar-refractivity contribution >= 4 is 17.3 Å². The molecule has 3 rings (SSSR count). The van der Waals surface area contributed by atoms with E-state index in [1.165, 1.54) is 18.4 Å². The van der Waals surface area contributed by atoms with E-state index in [4.69, 9.17) is 14.0 Å². The van der Waals surface area contributed by atoms with Crippen molar-refractivity contribution in [3.05, 3.63) is 36.4 Å². The summed E-state index contributed by atoms with van der Waals surface area (Å²) >= 11 is 1.30. The quantitative estimate of drug-likeness (QED) is 0.521. The van der Waals surface area contributed by atoms with Crippen LogP contribution >= 0.6 is 11.3 Å². The summed E-state index contributed by atoms with van der Waals surface area (Å²) in [6, 6.07) is 7.03. The van der Waals surface area contributed by atoms with Crippen molar-refractivity contribution in [2.75, 3.05) is 13.7 Å². The molecule has 1 N–H and O–H groups in total. The molecule has 0 bridgehead atoms. The third kappa shape index (κ3) is 5.75. The fraction of sp³-hybridized carbons (Fsp3) is 0.368. The topological polar surface area (TPSA) is 109 Å². The molecule has 1 atom stereocenters. The second-order valence-corrected chi connectivity index (χ2v) is 7.36. The number of nitrogens with zero attached hydrogens (tertiary/aromatic N) is 3. The predicted octanol–water partition coefficient (Wildman–Crippen LogP) is 3.60. The van der Waals surface area contributed by atoms with Gasteiger partial charge in [0.15, 0.2) is 0 Å². The first-order valence-corrected chi connectivity index (χ1v) is 9.81. The van der Waals surface area contributed by atoms with Crippen LogP contribution in [0.3, 0.4) is 0 Å². The average Bonchev–Trinajstić information content (AvgIpc) is 3.36. The number of carbonyl (C=O) groups excluding carboxylic acids is 1. The maximum atomic E-state index is 11.2. The van der Waals surface area contributed by atoms with Gasteiger partial charge in [0.2, 0.25) is 11.7 Å². The number of aromatic nitrogens is 3. The number of thiazole rings is 1. The van der Waals surface area contributed by atoms with Crippen molar-refractivity contribution in [3.63, 3.8) is 0 Å². The molecule has 0 aliphatic heterocycles. The van der Waals surface area contributed by atoms with Crippen LogP contribution in [0.15, 0.2) is 35.0 Å². The van der Waals surface area contributed by atoms with Gasteiger partial charge < -0.3 is 18.7 Å². The van der Waals surface area contributed by atoms with Gasteiger partial charge in [0.05, 0.1) is 36.9 Å². The van der Waals surface area contributed by atoms with E-state index in [-0.39, 0.29) is 24.7 Å². The lowest BCUT2D eigenvalue weighted by atomic mass is 10.3. The summed E-state index contributed by atoms with van der Waals surface area (Å²) in [6.07, 6.45) is 1.73. The molecular formula is C19H22N4O5S. The first-order chi connectivity index (χ1) is 13.9. The Hall–Kier alpha value is -2.98. The summed E-state index contributed by atoms with van der Waals surface area (Å²) in [4.78, 5) is 20.5. The summed E-state index contributed by atoms with van der Waals surface area (Å²) < 4.78 is 21.2. The highest BCUT2D eigenvalue weighted by atomic mass is 32.1. The molecule has 2 aromatic heterocycles. The summed E-state index contributed by atoms with van der Waals surface area (Å²) in [7, 11) is 1.33. The molecule has 154 valence electrons. The van der Waals surface area contributed by atoms with Crippen molar-refractivity contribution < 1.29 is 23.5 Å². The lowest BCUT2D eigenvalue weighted by Crippen LogP contribution is -2.26. The van der Waals surface area contributed by atoms with Gasteiger partial charge in [-0.3, -0.25) is 10.1 Å². The number of benzene rings is 1. The number of ether oxygens (including phenoxy) is 3. The maximum Gasteiger partial charge on any atom is 0.319 e. The van der Waals surface area contributed by atoms with Crippen LogP contribution in [-0.2, 0) is 9.53 Å². The first kappa shape index (κ1) is 20.7. The molecule has 9 nitrogen and oxygen atoms in total. The van der Waals surface area contributed by atoms with Gasteiger partial charge in [-0.25, -0.2) is 4.98 Å². The minimum absolute atomic E-state index is 0.0505. The minimum Gasteiger partial charge on any atom is -0.491 e. The predicted molar refractivity (Wildman–Crippen MR) is 106 cm³/mol. The molecule has 0 aliphatic rings. The monoisotopic (exact) mass is 418 g/mol. The van der Waals surface area contributed by atoms with Gasteiger partial charge in [-0.15, -0.1) is 0 Å². The van der Waals surface area contributed by atoms with Crippen LogP contribution < -0.4 is 14.8 Å². The van der Waals surface area contributed by atoms with E-state index in [2.05, 4.69) is 25.2 Å². The highest BCUT2D eigenvalue weighted by molar-refractivity contribution is 7.16. The Morgan fingerprint density at radius 1 is 1.21 bits per heavy atom. The van der Waals surface area contributed by atoms with Crippen molar-refractivity contribution in [1.82, 2.24) is 20.4 Å². The van der Waals surface area contributed by atoms with Crippen LogP contribution in [0, 0.1) is 0 Å². The second-order valence-electron chi connectivity index (χ2n) is 6.37. The number of carbonyl (C=O) groups is 1. The van der Waals surface area contributed by atoms with Crippen LogP contribution in [0.1, 0.15) is 32.7 Å². The molecule has 0 spiro atoms. The van der Waals surface area contributed by atoms with Crippen molar-refractivity contribution in [2.24, 2.45) is 0 Å². The zero-order chi connectivity index (χ0) is 20.8. The molecule has 10 heteroatoms. The van der Waals surface area contributed by atoms with E-state index in [1.807, 2.05) is 45.0 Å². The molecule has 0 fully saturated rings. The van der Waals surface area contributed by atoms with E-state index in [0.29, 0.717) is 27.5 Å². The highest BCUT2D eigenvalue weighted by Crippen LogP contribution is 2.32. The number of hydrogen-bond donors (Lipinski definition) is 1. The molecule has 3 aromatic rings. The molecule has 29 heavy (non-hydrogen) atoms. The molecule has 0 amide bonds. The van der Waals surface area contributed by atoms with Gasteiger partial charge in [-0.1, -0.05) is 16.5 Å². The van der Waals surface area contributed by atoms with E-state index in [0.717, 1.165) is 5.75 Å². The molecule has 0 radical (unpaired) electrons. The number of nitrogens with one attached hydrogen (secondary N) is 1. The SMILES string of the molecule is COC(=O)CNC(C)c1nc(-c2cnc(Oc3ccc(OC(C)C)cc3)s2)no1. The lowest BCUT2D eigenvalue weighted by Gasteiger charge is -2.09. The Morgan fingerprint density at radius 2 is 1.93 bits per heavy atom. The molecule has 1 unspecified atom stereocenters. The molecular weight excluding hydrogens is 396 g/mol. The van der Waals surface area contributed by atoms with Crippen LogP contribution in [0.5, 0.6) is 16.7 Å². The normalized spacial score (nSPS) is 12.0. The van der Waals surface area contributed by atoms with Gasteiger partial charge in [-0.2, -0.15) is 4.98 Å². The van der Waals surface area contributed by atoms with Crippen LogP contribution in [0.4, 0.5) is 0 Å². The number of esters is 1. The third-order valence-electron chi connectivity index (χ3n) is 3.70. The summed E-state index contributed by atoms with van der Waals surface area (Å²) in [5, 5.41) is 7.38. The molecule has 0 saturated heterocycles. The number of hydrogen-bond acceptors (Lipinski definition) is 10. The summed E-state index contributed by atoms with van der Waals surface area (Å²) in [6.45, 7) is 5.81. The van der Waals surface area contributed by atoms with Gasteiger partial charge >= 0.3 is 5.97 Å². The minimum atomic E-state index is -0.371. The summed E-state index contributed by atoms with van der Waals surface area (Å²) in [5.41, 5.74) is 0. The van der Waals surface area contributed by atoms with Gasteiger partial charge in [0.1, 0.15) is 11.5 Å². The Labute approximate surface area is 172 Å². The summed E-state index contributed by atoms with van der Waals surface area (Å²) in [5.74, 6) is 1.82. The smallest absolute Gasteiger partial charge is 0.319 e. The van der Waals surface area contributed by atoms with Gasteiger partial charge in [-0.05, 0) is 45.0 Å². The van der Waals surface area contributed by atoms with E-state index < -0.39 is 0 Å². The Kier molecular flexibility index (Phi) is 6.78. The van der Waals surface area contributed by atoms with Crippen LogP contribution in [0.25, 0.3) is 10.7 Å². The van der Waals surface area contributed by atoms with E-state index >= 15 is 0 Å². The third-order valence-corrected chi connectivity index (χ3v) is 4.57. The average molecular weight is 418 g/mol. The number of methoxy groups -OCH3 is 1. The zero-order valence-corrected chi connectivity index (χ0v) is 17.4.